The van der Waals surface area contributed by atoms with Crippen LogP contribution in [0.15, 0.2) is 0 Å². The maximum atomic E-state index is 10.9. The van der Waals surface area contributed by atoms with Crippen LogP contribution in [0.3, 0.4) is 0 Å². The molecule has 0 radical (unpaired) electrons. The van der Waals surface area contributed by atoms with Crippen LogP contribution in [0.2, 0.25) is 6.04 Å². The molecule has 42 heavy (non-hydrogen) atoms. The van der Waals surface area contributed by atoms with Gasteiger partial charge in [0.15, 0.2) is 0 Å². The summed E-state index contributed by atoms with van der Waals surface area (Å²) in [6.45, 7) is 3.70. The lowest BCUT2D eigenvalue weighted by molar-refractivity contribution is -0.890. The highest BCUT2D eigenvalue weighted by Gasteiger charge is 2.47. The van der Waals surface area contributed by atoms with E-state index in [-0.39, 0.29) is 26.4 Å². The van der Waals surface area contributed by atoms with Crippen molar-refractivity contribution in [3.8, 4) is 0 Å². The van der Waals surface area contributed by atoms with Crippen molar-refractivity contribution >= 4 is 18.9 Å². The van der Waals surface area contributed by atoms with E-state index in [2.05, 4.69) is 26.3 Å². The van der Waals surface area contributed by atoms with Crippen molar-refractivity contribution in [1.82, 2.24) is 5.32 Å². The molecular weight excluding hydrogens is 576 g/mol. The number of β-amino-alcohol motifs (C(OH)–C–C–N with tert-alkyl or cyclic N) is 1. The maximum Gasteiger partial charge on any atom is 0.498 e. The largest absolute Gasteiger partial charge is 0.498 e. The van der Waals surface area contributed by atoms with Crippen molar-refractivity contribution in [3.63, 3.8) is 0 Å². The van der Waals surface area contributed by atoms with Gasteiger partial charge in [-0.1, -0.05) is 96.8 Å². The van der Waals surface area contributed by atoms with Crippen LogP contribution in [0, 0.1) is 0 Å². The minimum atomic E-state index is -4.31. The minimum absolute atomic E-state index is 0.0116. The first-order valence-corrected chi connectivity index (χ1v) is 20.2. The third-order valence-corrected chi connectivity index (χ3v) is 11.4. The van der Waals surface area contributed by atoms with E-state index < -0.39 is 36.3 Å². The van der Waals surface area contributed by atoms with E-state index in [4.69, 9.17) is 13.4 Å². The highest BCUT2D eigenvalue weighted by molar-refractivity contribution is 7.85. The molecule has 0 amide bonds. The van der Waals surface area contributed by atoms with Gasteiger partial charge in [0.1, 0.15) is 5.75 Å². The van der Waals surface area contributed by atoms with E-state index in [1.54, 1.807) is 0 Å². The van der Waals surface area contributed by atoms with Gasteiger partial charge in [-0.25, -0.2) is 0 Å². The van der Waals surface area contributed by atoms with Gasteiger partial charge >= 0.3 is 8.80 Å². The molecule has 1 rings (SSSR count). The lowest BCUT2D eigenvalue weighted by Crippen LogP contribution is -2.65. The zero-order valence-electron chi connectivity index (χ0n) is 27.0. The zero-order valence-corrected chi connectivity index (χ0v) is 28.8. The van der Waals surface area contributed by atoms with Crippen molar-refractivity contribution in [2.75, 3.05) is 59.3 Å². The predicted molar refractivity (Wildman–Crippen MR) is 171 cm³/mol. The van der Waals surface area contributed by atoms with Gasteiger partial charge in [-0.05, 0) is 12.8 Å². The fourth-order valence-corrected chi connectivity index (χ4v) is 8.13. The Balaban J connectivity index is 2.09. The molecule has 0 aromatic rings. The van der Waals surface area contributed by atoms with E-state index in [9.17, 15) is 23.4 Å². The Labute approximate surface area is 258 Å². The highest BCUT2D eigenvalue weighted by Crippen LogP contribution is 2.24. The summed E-state index contributed by atoms with van der Waals surface area (Å²) in [5.74, 6) is -0.810. The van der Waals surface area contributed by atoms with Crippen LogP contribution >= 0.6 is 0 Å². The van der Waals surface area contributed by atoms with Crippen LogP contribution in [-0.2, 0) is 19.0 Å². The fraction of sp³-hybridized carbons (Fsp3) is 1.00. The number of aliphatic hydroxyl groups excluding tert-OH is 2. The molecule has 12 heteroatoms. The molecule has 1 unspecified atom stereocenters. The number of hydrogen-bond acceptors (Lipinski definition) is 8. The van der Waals surface area contributed by atoms with E-state index in [0.717, 1.165) is 24.0 Å². The molecular formula is C30H65N2O8SSi+. The van der Waals surface area contributed by atoms with Gasteiger partial charge in [0.05, 0.1) is 58.6 Å². The molecule has 1 heterocycles. The molecule has 0 aromatic carbocycles. The molecule has 1 saturated heterocycles. The maximum absolute atomic E-state index is 10.9. The molecule has 0 saturated carbocycles. The summed E-state index contributed by atoms with van der Waals surface area (Å²) in [7, 11) is -3.24. The predicted octanol–water partition coefficient (Wildman–Crippen LogP) is 4.26. The van der Waals surface area contributed by atoms with Gasteiger partial charge < -0.3 is 33.7 Å². The van der Waals surface area contributed by atoms with Crippen LogP contribution in [0.25, 0.3) is 0 Å². The quantitative estimate of drug-likeness (QED) is 0.0384. The summed E-state index contributed by atoms with van der Waals surface area (Å²) < 4.78 is 43.0. The number of quaternary nitrogens is 1. The summed E-state index contributed by atoms with van der Waals surface area (Å²) in [5, 5.41) is 22.5. The van der Waals surface area contributed by atoms with Crippen molar-refractivity contribution in [1.29, 1.82) is 0 Å². The van der Waals surface area contributed by atoms with Crippen LogP contribution in [-0.4, -0.2) is 112 Å². The second-order valence-corrected chi connectivity index (χ2v) is 17.3. The van der Waals surface area contributed by atoms with E-state index in [0.29, 0.717) is 6.04 Å². The second-order valence-electron chi connectivity index (χ2n) is 13.3. The van der Waals surface area contributed by atoms with Crippen molar-refractivity contribution in [2.24, 2.45) is 0 Å². The number of unbranched alkanes of at least 4 members (excludes halogenated alkanes) is 15. The SMILES string of the molecule is CCCCCCCCCCCCCCCCCC[N+](C)(C)CCC[Si]1(O)OCC(CO)(NCC(O)CS(=O)(=O)O)CO1. The van der Waals surface area contributed by atoms with Crippen molar-refractivity contribution in [2.45, 2.75) is 134 Å². The molecule has 1 fully saturated rings. The Hall–Kier alpha value is -0.153. The standard InChI is InChI=1S/C30H64N2O8SSi/c1-4-5-6-7-8-9-10-11-12-13-14-15-16-17-18-19-21-32(2,3)22-20-23-42(38)39-27-30(26-33,28-40-42)31-24-29(34)25-41(35,36)37/h29,31,33-34,38H,4-28H2,1-3H3/p+1. The van der Waals surface area contributed by atoms with Crippen molar-refractivity contribution < 1.29 is 41.3 Å². The number of aliphatic hydroxyl groups is 2. The third-order valence-electron chi connectivity index (χ3n) is 8.44. The second kappa shape index (κ2) is 21.6. The molecule has 0 spiro atoms. The topological polar surface area (TPSA) is 146 Å². The van der Waals surface area contributed by atoms with Crippen LogP contribution in [0.5, 0.6) is 0 Å². The number of nitrogens with zero attached hydrogens (tertiary/aromatic N) is 1. The smallest absolute Gasteiger partial charge is 0.394 e. The molecule has 1 atom stereocenters. The van der Waals surface area contributed by atoms with E-state index in [1.165, 1.54) is 103 Å². The Morgan fingerprint density at radius 1 is 0.810 bits per heavy atom. The first-order valence-electron chi connectivity index (χ1n) is 16.7. The summed E-state index contributed by atoms with van der Waals surface area (Å²) >= 11 is 0. The van der Waals surface area contributed by atoms with Gasteiger partial charge in [0.25, 0.3) is 10.1 Å². The van der Waals surface area contributed by atoms with Crippen LogP contribution in [0.4, 0.5) is 0 Å². The Kier molecular flexibility index (Phi) is 20.5. The third kappa shape index (κ3) is 20.0. The number of nitrogens with one attached hydrogen (secondary N) is 1. The Bertz CT molecular complexity index is 779. The van der Waals surface area contributed by atoms with Crippen LogP contribution in [0.1, 0.15) is 116 Å². The summed E-state index contributed by atoms with van der Waals surface area (Å²) in [5.41, 5.74) is -1.05. The minimum Gasteiger partial charge on any atom is -0.394 e. The molecule has 1 aliphatic heterocycles. The molecule has 0 aliphatic carbocycles. The lowest BCUT2D eigenvalue weighted by atomic mass is 10.0. The van der Waals surface area contributed by atoms with Crippen molar-refractivity contribution in [3.05, 3.63) is 0 Å². The normalized spacial score (nSPS) is 22.5. The molecule has 10 nitrogen and oxygen atoms in total. The van der Waals surface area contributed by atoms with E-state index >= 15 is 0 Å². The lowest BCUT2D eigenvalue weighted by Gasteiger charge is -2.42. The molecule has 0 bridgehead atoms. The van der Waals surface area contributed by atoms with Gasteiger partial charge in [0, 0.05) is 19.0 Å². The molecule has 0 aromatic heterocycles. The van der Waals surface area contributed by atoms with Gasteiger partial charge in [-0.2, -0.15) is 8.42 Å². The van der Waals surface area contributed by atoms with Gasteiger partial charge in [-0.3, -0.25) is 4.55 Å². The number of hydrogen-bond donors (Lipinski definition) is 5. The highest BCUT2D eigenvalue weighted by atomic mass is 32.2. The monoisotopic (exact) mass is 641 g/mol. The average Bonchev–Trinajstić information content (AvgIpc) is 2.92. The van der Waals surface area contributed by atoms with Crippen LogP contribution < -0.4 is 5.32 Å². The van der Waals surface area contributed by atoms with Gasteiger partial charge in [0.2, 0.25) is 0 Å². The Morgan fingerprint density at radius 3 is 1.67 bits per heavy atom. The first-order chi connectivity index (χ1) is 19.8. The summed E-state index contributed by atoms with van der Waals surface area (Å²) in [4.78, 5) is 10.9. The van der Waals surface area contributed by atoms with Gasteiger partial charge in [-0.15, -0.1) is 0 Å². The fourth-order valence-electron chi connectivity index (χ4n) is 5.55. The first kappa shape index (κ1) is 39.9. The summed E-state index contributed by atoms with van der Waals surface area (Å²) in [6.07, 6.45) is 21.3. The molecule has 252 valence electrons. The molecule has 1 aliphatic rings. The molecule has 5 N–H and O–H groups in total. The number of rotatable bonds is 27. The zero-order chi connectivity index (χ0) is 31.4. The Morgan fingerprint density at radius 2 is 1.24 bits per heavy atom. The van der Waals surface area contributed by atoms with E-state index in [1.807, 2.05) is 0 Å². The summed E-state index contributed by atoms with van der Waals surface area (Å²) in [6, 6.07) is 0.431. The average molecular weight is 642 g/mol.